The van der Waals surface area contributed by atoms with Crippen molar-refractivity contribution in [1.29, 1.82) is 0 Å². The predicted molar refractivity (Wildman–Crippen MR) is 95.4 cm³/mol. The van der Waals surface area contributed by atoms with E-state index < -0.39 is 0 Å². The SMILES string of the molecule is C=NC[C@@H]1CCCN1C(=O)CNC(=O)c1cccc2ccccc12. The highest BCUT2D eigenvalue weighted by molar-refractivity contribution is 6.07. The van der Waals surface area contributed by atoms with Gasteiger partial charge in [0.25, 0.3) is 5.91 Å². The molecule has 2 aromatic rings. The molecule has 1 aliphatic rings. The number of benzene rings is 2. The van der Waals surface area contributed by atoms with Crippen molar-refractivity contribution in [2.75, 3.05) is 19.6 Å². The summed E-state index contributed by atoms with van der Waals surface area (Å²) in [5.74, 6) is -0.285. The molecule has 0 bridgehead atoms. The number of nitrogens with one attached hydrogen (secondary N) is 1. The summed E-state index contributed by atoms with van der Waals surface area (Å²) in [5.41, 5.74) is 0.589. The van der Waals surface area contributed by atoms with E-state index in [1.54, 1.807) is 11.0 Å². The Morgan fingerprint density at radius 3 is 2.83 bits per heavy atom. The molecule has 0 unspecified atom stereocenters. The number of hydrogen-bond donors (Lipinski definition) is 1. The van der Waals surface area contributed by atoms with Crippen molar-refractivity contribution >= 4 is 29.3 Å². The first-order valence-corrected chi connectivity index (χ1v) is 8.18. The summed E-state index contributed by atoms with van der Waals surface area (Å²) < 4.78 is 0. The number of aliphatic imine (C=N–C) groups is 1. The van der Waals surface area contributed by atoms with Crippen LogP contribution in [0.15, 0.2) is 47.5 Å². The molecule has 24 heavy (non-hydrogen) atoms. The predicted octanol–water partition coefficient (Wildman–Crippen LogP) is 2.26. The number of hydrogen-bond acceptors (Lipinski definition) is 3. The van der Waals surface area contributed by atoms with Crippen LogP contribution in [0.3, 0.4) is 0 Å². The highest BCUT2D eigenvalue weighted by Crippen LogP contribution is 2.19. The maximum atomic E-state index is 12.5. The Hall–Kier alpha value is -2.69. The van der Waals surface area contributed by atoms with Crippen molar-refractivity contribution < 1.29 is 9.59 Å². The normalized spacial score (nSPS) is 17.0. The van der Waals surface area contributed by atoms with Gasteiger partial charge in [0.15, 0.2) is 0 Å². The summed E-state index contributed by atoms with van der Waals surface area (Å²) in [5, 5.41) is 4.65. The molecule has 1 saturated heterocycles. The first-order valence-electron chi connectivity index (χ1n) is 8.18. The highest BCUT2D eigenvalue weighted by atomic mass is 16.2. The number of fused-ring (bicyclic) bond motifs is 1. The van der Waals surface area contributed by atoms with E-state index in [9.17, 15) is 9.59 Å². The van der Waals surface area contributed by atoms with Crippen LogP contribution in [-0.4, -0.2) is 49.1 Å². The van der Waals surface area contributed by atoms with Gasteiger partial charge >= 0.3 is 0 Å². The van der Waals surface area contributed by atoms with E-state index in [1.165, 1.54) is 0 Å². The molecule has 1 heterocycles. The maximum Gasteiger partial charge on any atom is 0.252 e. The van der Waals surface area contributed by atoms with Gasteiger partial charge in [-0.15, -0.1) is 0 Å². The molecule has 2 amide bonds. The third-order valence-electron chi connectivity index (χ3n) is 4.47. The Labute approximate surface area is 141 Å². The van der Waals surface area contributed by atoms with E-state index in [-0.39, 0.29) is 24.4 Å². The molecule has 1 aliphatic heterocycles. The van der Waals surface area contributed by atoms with Gasteiger partial charge in [-0.25, -0.2) is 0 Å². The Morgan fingerprint density at radius 1 is 1.21 bits per heavy atom. The van der Waals surface area contributed by atoms with Crippen molar-refractivity contribution in [3.63, 3.8) is 0 Å². The fourth-order valence-corrected chi connectivity index (χ4v) is 3.28. The van der Waals surface area contributed by atoms with Crippen LogP contribution in [0.1, 0.15) is 23.2 Å². The molecule has 1 N–H and O–H groups in total. The molecular weight excluding hydrogens is 302 g/mol. The number of carbonyl (C=O) groups is 2. The number of rotatable bonds is 5. The summed E-state index contributed by atoms with van der Waals surface area (Å²) in [6.45, 7) is 4.80. The zero-order chi connectivity index (χ0) is 16.9. The van der Waals surface area contributed by atoms with Crippen LogP contribution >= 0.6 is 0 Å². The average Bonchev–Trinajstić information content (AvgIpc) is 3.07. The molecule has 0 radical (unpaired) electrons. The van der Waals surface area contributed by atoms with E-state index in [1.807, 2.05) is 36.4 Å². The monoisotopic (exact) mass is 323 g/mol. The Bertz CT molecular complexity index is 767. The van der Waals surface area contributed by atoms with Gasteiger partial charge in [-0.1, -0.05) is 36.4 Å². The first kappa shape index (κ1) is 16.2. The molecule has 5 heteroatoms. The molecule has 124 valence electrons. The molecule has 0 saturated carbocycles. The van der Waals surface area contributed by atoms with Crippen LogP contribution in [0.25, 0.3) is 10.8 Å². The van der Waals surface area contributed by atoms with Crippen LogP contribution in [-0.2, 0) is 4.79 Å². The molecule has 1 fully saturated rings. The van der Waals surface area contributed by atoms with E-state index >= 15 is 0 Å². The van der Waals surface area contributed by atoms with Crippen LogP contribution in [0, 0.1) is 0 Å². The molecule has 5 nitrogen and oxygen atoms in total. The third kappa shape index (κ3) is 3.30. The average molecular weight is 323 g/mol. The molecule has 3 rings (SSSR count). The molecular formula is C19H21N3O2. The minimum Gasteiger partial charge on any atom is -0.343 e. The van der Waals surface area contributed by atoms with Crippen molar-refractivity contribution in [1.82, 2.24) is 10.2 Å². The van der Waals surface area contributed by atoms with E-state index in [4.69, 9.17) is 0 Å². The minimum absolute atomic E-state index is 0.00962. The molecule has 0 aliphatic carbocycles. The van der Waals surface area contributed by atoms with E-state index in [0.717, 1.165) is 30.2 Å². The topological polar surface area (TPSA) is 61.8 Å². The maximum absolute atomic E-state index is 12.5. The Morgan fingerprint density at radius 2 is 2.00 bits per heavy atom. The van der Waals surface area contributed by atoms with Gasteiger partial charge in [-0.05, 0) is 36.4 Å². The Kier molecular flexibility index (Phi) is 4.89. The first-order chi connectivity index (χ1) is 11.7. The lowest BCUT2D eigenvalue weighted by Gasteiger charge is -2.23. The lowest BCUT2D eigenvalue weighted by atomic mass is 10.0. The number of amides is 2. The van der Waals surface area contributed by atoms with Gasteiger partial charge in [0.2, 0.25) is 5.91 Å². The zero-order valence-corrected chi connectivity index (χ0v) is 13.6. The molecule has 1 atom stereocenters. The largest absolute Gasteiger partial charge is 0.343 e. The van der Waals surface area contributed by atoms with E-state index in [0.29, 0.717) is 12.1 Å². The van der Waals surface area contributed by atoms with Gasteiger partial charge in [-0.2, -0.15) is 0 Å². The van der Waals surface area contributed by atoms with Crippen LogP contribution in [0.4, 0.5) is 0 Å². The molecule has 0 spiro atoms. The second-order valence-electron chi connectivity index (χ2n) is 6.00. The van der Waals surface area contributed by atoms with E-state index in [2.05, 4.69) is 17.0 Å². The van der Waals surface area contributed by atoms with Gasteiger partial charge in [0.05, 0.1) is 19.1 Å². The van der Waals surface area contributed by atoms with Crippen molar-refractivity contribution in [3.05, 3.63) is 48.0 Å². The van der Waals surface area contributed by atoms with Crippen LogP contribution in [0.2, 0.25) is 0 Å². The van der Waals surface area contributed by atoms with Crippen molar-refractivity contribution in [2.24, 2.45) is 4.99 Å². The Balaban J connectivity index is 1.67. The lowest BCUT2D eigenvalue weighted by Crippen LogP contribution is -2.43. The lowest BCUT2D eigenvalue weighted by molar-refractivity contribution is -0.130. The van der Waals surface area contributed by atoms with Gasteiger partial charge in [0, 0.05) is 12.1 Å². The van der Waals surface area contributed by atoms with Crippen molar-refractivity contribution in [3.8, 4) is 0 Å². The fourth-order valence-electron chi connectivity index (χ4n) is 3.28. The minimum atomic E-state index is -0.224. The zero-order valence-electron chi connectivity index (χ0n) is 13.6. The summed E-state index contributed by atoms with van der Waals surface area (Å²) in [4.78, 5) is 30.6. The highest BCUT2D eigenvalue weighted by Gasteiger charge is 2.28. The smallest absolute Gasteiger partial charge is 0.252 e. The van der Waals surface area contributed by atoms with Gasteiger partial charge in [-0.3, -0.25) is 14.6 Å². The summed E-state index contributed by atoms with van der Waals surface area (Å²) in [6.07, 6.45) is 1.92. The van der Waals surface area contributed by atoms with Gasteiger partial charge in [0.1, 0.15) is 0 Å². The fraction of sp³-hybridized carbons (Fsp3) is 0.316. The quantitative estimate of drug-likeness (QED) is 0.858. The number of carbonyl (C=O) groups excluding carboxylic acids is 2. The second kappa shape index (κ2) is 7.25. The summed E-state index contributed by atoms with van der Waals surface area (Å²) in [6, 6.07) is 13.4. The van der Waals surface area contributed by atoms with Crippen molar-refractivity contribution in [2.45, 2.75) is 18.9 Å². The third-order valence-corrected chi connectivity index (χ3v) is 4.47. The summed E-state index contributed by atoms with van der Waals surface area (Å²) in [7, 11) is 0. The standard InChI is InChI=1S/C19H21N3O2/c1-20-12-15-8-5-11-22(15)18(23)13-21-19(24)17-10-4-7-14-6-2-3-9-16(14)17/h2-4,6-7,9-10,15H,1,5,8,11-13H2,(H,21,24)/t15-/m0/s1. The summed E-state index contributed by atoms with van der Waals surface area (Å²) >= 11 is 0. The van der Waals surface area contributed by atoms with Gasteiger partial charge < -0.3 is 10.2 Å². The van der Waals surface area contributed by atoms with Crippen LogP contribution < -0.4 is 5.32 Å². The van der Waals surface area contributed by atoms with Crippen LogP contribution in [0.5, 0.6) is 0 Å². The number of nitrogens with zero attached hydrogens (tertiary/aromatic N) is 2. The molecule has 0 aromatic heterocycles. The number of likely N-dealkylation sites (tertiary alicyclic amines) is 1. The molecule has 2 aromatic carbocycles. The second-order valence-corrected chi connectivity index (χ2v) is 6.00.